The second kappa shape index (κ2) is 7.66. The van der Waals surface area contributed by atoms with Crippen molar-refractivity contribution in [1.29, 1.82) is 0 Å². The topological polar surface area (TPSA) is 56.5 Å². The molecule has 0 bridgehead atoms. The first-order chi connectivity index (χ1) is 13.0. The lowest BCUT2D eigenvalue weighted by atomic mass is 9.97. The quantitative estimate of drug-likeness (QED) is 0.672. The minimum Gasteiger partial charge on any atom is -0.468 e. The highest BCUT2D eigenvalue weighted by Crippen LogP contribution is 2.34. The van der Waals surface area contributed by atoms with Crippen LogP contribution in [-0.2, 0) is 0 Å². The zero-order chi connectivity index (χ0) is 19.0. The molecule has 4 rings (SSSR count). The first-order valence-electron chi connectivity index (χ1n) is 8.66. The number of halogens is 3. The second-order valence-electron chi connectivity index (χ2n) is 6.42. The van der Waals surface area contributed by atoms with Gasteiger partial charge in [-0.3, -0.25) is 4.79 Å². The highest BCUT2D eigenvalue weighted by atomic mass is 35.5. The number of rotatable bonds is 3. The smallest absolute Gasteiger partial charge is 0.281 e. The summed E-state index contributed by atoms with van der Waals surface area (Å²) in [4.78, 5) is 16.4. The zero-order valence-electron chi connectivity index (χ0n) is 14.2. The van der Waals surface area contributed by atoms with Crippen molar-refractivity contribution in [2.75, 3.05) is 0 Å². The summed E-state index contributed by atoms with van der Waals surface area (Å²) in [5.74, 6) is 0.406. The zero-order valence-corrected chi connectivity index (χ0v) is 16.5. The molecule has 2 atom stereocenters. The molecule has 2 heterocycles. The van der Waals surface area contributed by atoms with Gasteiger partial charge in [0.1, 0.15) is 12.4 Å². The molecule has 0 aliphatic heterocycles. The van der Waals surface area contributed by atoms with Crippen LogP contribution in [0.5, 0.6) is 5.88 Å². The molecule has 0 aromatic carbocycles. The van der Waals surface area contributed by atoms with Gasteiger partial charge in [0.25, 0.3) is 5.56 Å². The third-order valence-electron chi connectivity index (χ3n) is 4.62. The number of fused-ring (bicyclic) bond motifs is 1. The van der Waals surface area contributed by atoms with E-state index in [2.05, 4.69) is 10.1 Å². The first kappa shape index (κ1) is 18.5. The van der Waals surface area contributed by atoms with Gasteiger partial charge < -0.3 is 4.74 Å². The molecule has 2 aromatic rings. The number of aromatic nitrogens is 3. The van der Waals surface area contributed by atoms with Crippen molar-refractivity contribution in [3.8, 4) is 5.88 Å². The molecule has 0 saturated heterocycles. The molecule has 0 radical (unpaired) electrons. The fourth-order valence-electron chi connectivity index (χ4n) is 3.30. The Bertz CT molecular complexity index is 1040. The summed E-state index contributed by atoms with van der Waals surface area (Å²) in [6.45, 7) is 0. The Morgan fingerprint density at radius 3 is 2.89 bits per heavy atom. The number of nitrogens with zero attached hydrogens (tertiary/aromatic N) is 3. The number of ether oxygens (including phenoxy) is 1. The lowest BCUT2D eigenvalue weighted by Gasteiger charge is -2.21. The van der Waals surface area contributed by atoms with Crippen LogP contribution >= 0.6 is 34.8 Å². The minimum atomic E-state index is -0.398. The van der Waals surface area contributed by atoms with Crippen LogP contribution < -0.4 is 10.3 Å². The van der Waals surface area contributed by atoms with Gasteiger partial charge in [-0.25, -0.2) is 4.52 Å². The molecule has 0 amide bonds. The fraction of sp³-hybridized carbons (Fsp3) is 0.316. The maximum atomic E-state index is 12.5. The van der Waals surface area contributed by atoms with Crippen LogP contribution in [-0.4, -0.2) is 26.1 Å². The average molecular weight is 425 g/mol. The summed E-state index contributed by atoms with van der Waals surface area (Å²) in [5, 5.41) is 5.16. The van der Waals surface area contributed by atoms with Crippen LogP contribution in [0.15, 0.2) is 51.5 Å². The van der Waals surface area contributed by atoms with Gasteiger partial charge in [0.2, 0.25) is 5.88 Å². The highest BCUT2D eigenvalue weighted by Gasteiger charge is 2.24. The molecule has 0 saturated carbocycles. The largest absolute Gasteiger partial charge is 0.468 e. The van der Waals surface area contributed by atoms with Gasteiger partial charge in [-0.15, -0.1) is 16.7 Å². The summed E-state index contributed by atoms with van der Waals surface area (Å²) < 4.78 is 7.43. The van der Waals surface area contributed by atoms with E-state index in [1.54, 1.807) is 18.2 Å². The van der Waals surface area contributed by atoms with Crippen LogP contribution in [0.4, 0.5) is 0 Å². The Balaban J connectivity index is 1.78. The number of alkyl halides is 1. The van der Waals surface area contributed by atoms with E-state index in [1.807, 2.05) is 12.2 Å². The molecular weight excluding hydrogens is 409 g/mol. The summed E-state index contributed by atoms with van der Waals surface area (Å²) in [7, 11) is 0. The number of hydrogen-bond donors (Lipinski definition) is 0. The third kappa shape index (κ3) is 3.64. The monoisotopic (exact) mass is 423 g/mol. The van der Waals surface area contributed by atoms with Crippen LogP contribution in [0.25, 0.3) is 11.1 Å². The molecule has 27 heavy (non-hydrogen) atoms. The van der Waals surface area contributed by atoms with Gasteiger partial charge in [0.15, 0.2) is 0 Å². The Morgan fingerprint density at radius 2 is 2.11 bits per heavy atom. The Morgan fingerprint density at radius 1 is 1.26 bits per heavy atom. The van der Waals surface area contributed by atoms with Gasteiger partial charge in [0.05, 0.1) is 21.5 Å². The second-order valence-corrected chi connectivity index (χ2v) is 7.79. The van der Waals surface area contributed by atoms with Crippen molar-refractivity contribution in [3.63, 3.8) is 0 Å². The first-order valence-corrected chi connectivity index (χ1v) is 9.85. The van der Waals surface area contributed by atoms with Gasteiger partial charge in [-0.1, -0.05) is 35.4 Å². The van der Waals surface area contributed by atoms with Gasteiger partial charge in [-0.05, 0) is 37.8 Å². The van der Waals surface area contributed by atoms with Crippen molar-refractivity contribution >= 4 is 45.9 Å². The van der Waals surface area contributed by atoms with Gasteiger partial charge in [0, 0.05) is 16.7 Å². The average Bonchev–Trinajstić information content (AvgIpc) is 2.65. The predicted octanol–water partition coefficient (Wildman–Crippen LogP) is 4.66. The van der Waals surface area contributed by atoms with E-state index in [0.29, 0.717) is 39.0 Å². The molecule has 140 valence electrons. The minimum absolute atomic E-state index is 0.204. The molecule has 0 fully saturated rings. The molecule has 2 aromatic heterocycles. The van der Waals surface area contributed by atoms with E-state index in [-0.39, 0.29) is 6.10 Å². The normalized spacial score (nSPS) is 22.9. The lowest BCUT2D eigenvalue weighted by Crippen LogP contribution is -2.22. The summed E-state index contributed by atoms with van der Waals surface area (Å²) in [6, 6.07) is 3.48. The Labute approximate surface area is 170 Å². The Kier molecular flexibility index (Phi) is 5.26. The maximum Gasteiger partial charge on any atom is 0.281 e. The molecule has 0 N–H and O–H groups in total. The van der Waals surface area contributed by atoms with E-state index >= 15 is 0 Å². The van der Waals surface area contributed by atoms with Crippen molar-refractivity contribution in [2.24, 2.45) is 0 Å². The van der Waals surface area contributed by atoms with Crippen molar-refractivity contribution in [1.82, 2.24) is 14.6 Å². The van der Waals surface area contributed by atoms with Gasteiger partial charge in [-0.2, -0.15) is 4.98 Å². The lowest BCUT2D eigenvalue weighted by molar-refractivity contribution is 0.213. The maximum absolute atomic E-state index is 12.5. The fourth-order valence-corrected chi connectivity index (χ4v) is 4.26. The van der Waals surface area contributed by atoms with Crippen molar-refractivity contribution < 1.29 is 4.74 Å². The van der Waals surface area contributed by atoms with Crippen LogP contribution in [0.2, 0.25) is 0 Å². The molecule has 8 heteroatoms. The van der Waals surface area contributed by atoms with E-state index < -0.39 is 10.9 Å². The summed E-state index contributed by atoms with van der Waals surface area (Å²) in [6.07, 6.45) is 10.2. The standard InChI is InChI=1S/C19H16Cl3N3O2/c20-11-4-1-2-7-15(11)27-16-9-8-14-18(19(26)23-10-25(14)24-16)17-12(21)5-3-6-13(17)22/h3-5,8-10,13,15H,1-2,6-7H2. The van der Waals surface area contributed by atoms with E-state index in [1.165, 1.54) is 10.8 Å². The van der Waals surface area contributed by atoms with Crippen LogP contribution in [0, 0.1) is 0 Å². The van der Waals surface area contributed by atoms with Crippen LogP contribution in [0.3, 0.4) is 0 Å². The number of hydrogen-bond acceptors (Lipinski definition) is 4. The molecule has 5 nitrogen and oxygen atoms in total. The summed E-state index contributed by atoms with van der Waals surface area (Å²) in [5.41, 5.74) is 1.12. The van der Waals surface area contributed by atoms with Gasteiger partial charge >= 0.3 is 0 Å². The van der Waals surface area contributed by atoms with Crippen molar-refractivity contribution in [3.05, 3.63) is 62.7 Å². The molecule has 2 unspecified atom stereocenters. The molecule has 2 aliphatic carbocycles. The third-order valence-corrected chi connectivity index (χ3v) is 5.74. The van der Waals surface area contributed by atoms with E-state index in [0.717, 1.165) is 19.3 Å². The molecule has 2 aliphatic rings. The van der Waals surface area contributed by atoms with E-state index in [4.69, 9.17) is 39.5 Å². The number of allylic oxidation sites excluding steroid dienone is 5. The predicted molar refractivity (Wildman–Crippen MR) is 108 cm³/mol. The van der Waals surface area contributed by atoms with E-state index in [9.17, 15) is 4.79 Å². The van der Waals surface area contributed by atoms with Crippen LogP contribution in [0.1, 0.15) is 31.2 Å². The SMILES string of the molecule is O=c1ncn2nc(OC3CCCC=C3Cl)ccc2c1C1=C(Cl)C=CCC1Cl. The highest BCUT2D eigenvalue weighted by molar-refractivity contribution is 6.38. The molecular formula is C19H16Cl3N3O2. The molecule has 0 spiro atoms. The Hall–Kier alpha value is -1.82. The summed E-state index contributed by atoms with van der Waals surface area (Å²) >= 11 is 19.0. The van der Waals surface area contributed by atoms with Crippen molar-refractivity contribution in [2.45, 2.75) is 37.2 Å².